The lowest BCUT2D eigenvalue weighted by Crippen LogP contribution is -2.16. The number of para-hydroxylation sites is 1. The van der Waals surface area contributed by atoms with Gasteiger partial charge in [-0.25, -0.2) is 4.79 Å². The second-order valence-electron chi connectivity index (χ2n) is 6.92. The number of anilines is 1. The van der Waals surface area contributed by atoms with Crippen LogP contribution in [0, 0.1) is 13.8 Å². The van der Waals surface area contributed by atoms with Crippen molar-refractivity contribution in [2.75, 3.05) is 5.32 Å². The van der Waals surface area contributed by atoms with Gasteiger partial charge in [0.05, 0.1) is 11.3 Å². The van der Waals surface area contributed by atoms with E-state index in [0.717, 1.165) is 22.1 Å². The number of nitrogens with one attached hydrogen (secondary N) is 1. The van der Waals surface area contributed by atoms with Crippen molar-refractivity contribution in [3.63, 3.8) is 0 Å². The fraction of sp³-hybridized carbons (Fsp3) is 0.0833. The van der Waals surface area contributed by atoms with Gasteiger partial charge in [-0.3, -0.25) is 4.79 Å². The third kappa shape index (κ3) is 3.50. The summed E-state index contributed by atoms with van der Waals surface area (Å²) in [5.41, 5.74) is 4.02. The third-order valence-electron chi connectivity index (χ3n) is 5.06. The largest absolute Gasteiger partial charge is 0.478 e. The highest BCUT2D eigenvalue weighted by atomic mass is 16.4. The zero-order chi connectivity index (χ0) is 20.5. The van der Waals surface area contributed by atoms with E-state index in [9.17, 15) is 14.7 Å². The molecule has 0 atom stereocenters. The van der Waals surface area contributed by atoms with E-state index < -0.39 is 5.97 Å². The van der Waals surface area contributed by atoms with Gasteiger partial charge in [0.15, 0.2) is 0 Å². The summed E-state index contributed by atoms with van der Waals surface area (Å²) >= 11 is 0. The van der Waals surface area contributed by atoms with Gasteiger partial charge in [-0.05, 0) is 55.3 Å². The number of hydrogen-bond donors (Lipinski definition) is 2. The van der Waals surface area contributed by atoms with E-state index >= 15 is 0 Å². The molecule has 2 N–H and O–H groups in total. The molecule has 5 nitrogen and oxygen atoms in total. The summed E-state index contributed by atoms with van der Waals surface area (Å²) < 4.78 is 5.87. The number of hydrogen-bond acceptors (Lipinski definition) is 3. The molecule has 3 aromatic carbocycles. The van der Waals surface area contributed by atoms with Crippen LogP contribution in [0.2, 0.25) is 0 Å². The molecular formula is C24H19NO4. The summed E-state index contributed by atoms with van der Waals surface area (Å²) in [4.78, 5) is 24.5. The van der Waals surface area contributed by atoms with Crippen LogP contribution >= 0.6 is 0 Å². The lowest BCUT2D eigenvalue weighted by molar-refractivity contribution is 0.0698. The first-order valence-electron chi connectivity index (χ1n) is 9.18. The van der Waals surface area contributed by atoms with E-state index in [1.54, 1.807) is 24.3 Å². The number of aromatic carboxylic acids is 1. The quantitative estimate of drug-likeness (QED) is 0.474. The maximum Gasteiger partial charge on any atom is 0.337 e. The Balaban J connectivity index is 1.75. The van der Waals surface area contributed by atoms with E-state index in [0.29, 0.717) is 16.9 Å². The van der Waals surface area contributed by atoms with E-state index in [1.807, 2.05) is 50.2 Å². The first-order valence-corrected chi connectivity index (χ1v) is 9.18. The molecule has 5 heteroatoms. The lowest BCUT2D eigenvalue weighted by atomic mass is 10.0. The highest BCUT2D eigenvalue weighted by Gasteiger charge is 2.17. The zero-order valence-corrected chi connectivity index (χ0v) is 16.0. The molecule has 0 unspecified atom stereocenters. The van der Waals surface area contributed by atoms with Crippen molar-refractivity contribution in [2.24, 2.45) is 0 Å². The maximum atomic E-state index is 12.8. The molecule has 0 aliphatic carbocycles. The Morgan fingerprint density at radius 2 is 1.69 bits per heavy atom. The van der Waals surface area contributed by atoms with E-state index in [2.05, 4.69) is 5.32 Å². The molecule has 4 aromatic rings. The molecule has 0 fully saturated rings. The first kappa shape index (κ1) is 18.5. The number of carboxylic acids is 1. The topological polar surface area (TPSA) is 79.5 Å². The van der Waals surface area contributed by atoms with Gasteiger partial charge in [0.2, 0.25) is 0 Å². The highest BCUT2D eigenvalue weighted by molar-refractivity contribution is 6.09. The van der Waals surface area contributed by atoms with Crippen LogP contribution < -0.4 is 5.32 Å². The smallest absolute Gasteiger partial charge is 0.337 e. The Bertz CT molecular complexity index is 1220. The number of benzene rings is 3. The van der Waals surface area contributed by atoms with Gasteiger partial charge in [-0.2, -0.15) is 0 Å². The molecule has 0 aliphatic rings. The SMILES string of the molecule is Cc1cccc(C(=O)Nc2cc(-c3cc4ccccc4o3)ccc2C(=O)O)c1C. The van der Waals surface area contributed by atoms with Crippen LogP contribution in [-0.2, 0) is 0 Å². The van der Waals surface area contributed by atoms with Gasteiger partial charge < -0.3 is 14.8 Å². The molecule has 0 spiro atoms. The number of rotatable bonds is 4. The Morgan fingerprint density at radius 3 is 2.45 bits per heavy atom. The Labute approximate surface area is 167 Å². The average Bonchev–Trinajstić information content (AvgIpc) is 3.14. The number of furan rings is 1. The van der Waals surface area contributed by atoms with Crippen LogP contribution in [-0.4, -0.2) is 17.0 Å². The summed E-state index contributed by atoms with van der Waals surface area (Å²) in [6.07, 6.45) is 0. The van der Waals surface area contributed by atoms with Crippen LogP contribution in [0.4, 0.5) is 5.69 Å². The molecule has 0 saturated carbocycles. The third-order valence-corrected chi connectivity index (χ3v) is 5.06. The molecule has 0 bridgehead atoms. The molecule has 0 saturated heterocycles. The Morgan fingerprint density at radius 1 is 0.897 bits per heavy atom. The standard InChI is InChI=1S/C24H19NO4/c1-14-6-5-8-18(15(14)2)23(26)25-20-12-17(10-11-19(20)24(27)28)22-13-16-7-3-4-9-21(16)29-22/h3-13H,1-2H3,(H,25,26)(H,27,28). The van der Waals surface area contributed by atoms with Crippen molar-refractivity contribution in [1.82, 2.24) is 0 Å². The number of carbonyl (C=O) groups is 2. The second-order valence-corrected chi connectivity index (χ2v) is 6.92. The number of carboxylic acid groups (broad SMARTS) is 1. The Kier molecular flexibility index (Phi) is 4.64. The van der Waals surface area contributed by atoms with E-state index in [4.69, 9.17) is 4.42 Å². The number of amides is 1. The lowest BCUT2D eigenvalue weighted by Gasteiger charge is -2.12. The van der Waals surface area contributed by atoms with Crippen LogP contribution in [0.3, 0.4) is 0 Å². The van der Waals surface area contributed by atoms with Crippen LogP contribution in [0.25, 0.3) is 22.3 Å². The van der Waals surface area contributed by atoms with Crippen molar-refractivity contribution >= 4 is 28.5 Å². The normalized spacial score (nSPS) is 10.8. The molecule has 1 aromatic heterocycles. The van der Waals surface area contributed by atoms with Gasteiger partial charge in [0.1, 0.15) is 11.3 Å². The van der Waals surface area contributed by atoms with Gasteiger partial charge in [-0.1, -0.05) is 36.4 Å². The molecule has 0 radical (unpaired) electrons. The Hall–Kier alpha value is -3.86. The van der Waals surface area contributed by atoms with Crippen molar-refractivity contribution in [3.8, 4) is 11.3 Å². The average molecular weight is 385 g/mol. The van der Waals surface area contributed by atoms with Gasteiger partial charge in [0, 0.05) is 16.5 Å². The maximum absolute atomic E-state index is 12.8. The van der Waals surface area contributed by atoms with Gasteiger partial charge in [-0.15, -0.1) is 0 Å². The van der Waals surface area contributed by atoms with Crippen molar-refractivity contribution in [1.29, 1.82) is 0 Å². The molecule has 29 heavy (non-hydrogen) atoms. The highest BCUT2D eigenvalue weighted by Crippen LogP contribution is 2.31. The minimum Gasteiger partial charge on any atom is -0.478 e. The van der Waals surface area contributed by atoms with Crippen LogP contribution in [0.5, 0.6) is 0 Å². The number of carbonyl (C=O) groups excluding carboxylic acids is 1. The molecule has 144 valence electrons. The molecule has 1 heterocycles. The number of aryl methyl sites for hydroxylation is 1. The minimum atomic E-state index is -1.11. The van der Waals surface area contributed by atoms with Gasteiger partial charge in [0.25, 0.3) is 5.91 Å². The van der Waals surface area contributed by atoms with Gasteiger partial charge >= 0.3 is 5.97 Å². The zero-order valence-electron chi connectivity index (χ0n) is 16.0. The number of fused-ring (bicyclic) bond motifs is 1. The van der Waals surface area contributed by atoms with E-state index in [-0.39, 0.29) is 17.2 Å². The summed E-state index contributed by atoms with van der Waals surface area (Å²) in [6, 6.07) is 19.7. The van der Waals surface area contributed by atoms with Crippen molar-refractivity contribution in [3.05, 3.63) is 89.0 Å². The monoisotopic (exact) mass is 385 g/mol. The molecular weight excluding hydrogens is 366 g/mol. The molecule has 1 amide bonds. The van der Waals surface area contributed by atoms with Crippen molar-refractivity contribution in [2.45, 2.75) is 13.8 Å². The summed E-state index contributed by atoms with van der Waals surface area (Å²) in [5.74, 6) is -0.863. The molecule has 4 rings (SSSR count). The van der Waals surface area contributed by atoms with E-state index in [1.165, 1.54) is 6.07 Å². The van der Waals surface area contributed by atoms with Crippen LogP contribution in [0.1, 0.15) is 31.8 Å². The summed E-state index contributed by atoms with van der Waals surface area (Å²) in [6.45, 7) is 3.80. The van der Waals surface area contributed by atoms with Crippen LogP contribution in [0.15, 0.2) is 71.1 Å². The predicted molar refractivity (Wildman–Crippen MR) is 112 cm³/mol. The summed E-state index contributed by atoms with van der Waals surface area (Å²) in [5, 5.41) is 13.3. The predicted octanol–water partition coefficient (Wildman–Crippen LogP) is 5.67. The fourth-order valence-corrected chi connectivity index (χ4v) is 3.30. The summed E-state index contributed by atoms with van der Waals surface area (Å²) in [7, 11) is 0. The molecule has 0 aliphatic heterocycles. The van der Waals surface area contributed by atoms with Crippen molar-refractivity contribution < 1.29 is 19.1 Å². The fourth-order valence-electron chi connectivity index (χ4n) is 3.30. The minimum absolute atomic E-state index is 0.0171. The second kappa shape index (κ2) is 7.28. The first-order chi connectivity index (χ1) is 13.9.